The molecule has 0 aliphatic heterocycles. The van der Waals surface area contributed by atoms with E-state index in [1.54, 1.807) is 23.1 Å². The van der Waals surface area contributed by atoms with Crippen LogP contribution in [0.15, 0.2) is 79.1 Å². The molecule has 0 saturated heterocycles. The first-order valence-corrected chi connectivity index (χ1v) is 10.7. The number of nitrogens with one attached hydrogen (secondary N) is 1. The largest absolute Gasteiger partial charge is 0.489 e. The van der Waals surface area contributed by atoms with Gasteiger partial charge in [-0.3, -0.25) is 9.48 Å². The highest BCUT2D eigenvalue weighted by Crippen LogP contribution is 2.21. The molecular formula is C26H24ClN3O2. The van der Waals surface area contributed by atoms with Gasteiger partial charge in [-0.15, -0.1) is 0 Å². The van der Waals surface area contributed by atoms with Crippen LogP contribution in [0.4, 0.5) is 5.69 Å². The topological polar surface area (TPSA) is 56.1 Å². The molecule has 0 radical (unpaired) electrons. The lowest BCUT2D eigenvalue weighted by Gasteiger charge is -2.11. The number of halogens is 1. The summed E-state index contributed by atoms with van der Waals surface area (Å²) < 4.78 is 7.69. The number of ether oxygens (including phenoxy) is 1. The first-order chi connectivity index (χ1) is 15.5. The predicted octanol–water partition coefficient (Wildman–Crippen LogP) is 6.03. The van der Waals surface area contributed by atoms with Crippen LogP contribution in [0.25, 0.3) is 0 Å². The molecule has 0 saturated carbocycles. The summed E-state index contributed by atoms with van der Waals surface area (Å²) >= 11 is 6.22. The Balaban J connectivity index is 1.39. The van der Waals surface area contributed by atoms with Gasteiger partial charge in [-0.25, -0.2) is 0 Å². The van der Waals surface area contributed by atoms with Gasteiger partial charge in [0.15, 0.2) is 0 Å². The number of rotatable bonds is 7. The van der Waals surface area contributed by atoms with Crippen LogP contribution in [-0.4, -0.2) is 15.7 Å². The third-order valence-corrected chi connectivity index (χ3v) is 5.46. The van der Waals surface area contributed by atoms with Crippen LogP contribution in [0, 0.1) is 13.8 Å². The zero-order valence-corrected chi connectivity index (χ0v) is 18.8. The minimum Gasteiger partial charge on any atom is -0.489 e. The van der Waals surface area contributed by atoms with Gasteiger partial charge in [-0.2, -0.15) is 5.10 Å². The van der Waals surface area contributed by atoms with Gasteiger partial charge in [0.25, 0.3) is 5.91 Å². The molecule has 5 nitrogen and oxygen atoms in total. The molecule has 162 valence electrons. The molecule has 0 fully saturated rings. The molecule has 1 aromatic heterocycles. The van der Waals surface area contributed by atoms with Crippen molar-refractivity contribution in [1.29, 1.82) is 0 Å². The van der Waals surface area contributed by atoms with Crippen LogP contribution in [0.2, 0.25) is 5.02 Å². The quantitative estimate of drug-likeness (QED) is 0.377. The molecule has 0 aliphatic rings. The number of carbonyl (C=O) groups excluding carboxylic acids is 1. The van der Waals surface area contributed by atoms with Crippen LogP contribution in [0.1, 0.15) is 32.6 Å². The molecule has 1 heterocycles. The average molecular weight is 446 g/mol. The standard InChI is InChI=1S/C26H24ClN3O2/c1-18-10-11-25(19(2)12-18)32-17-20-6-5-8-21(13-20)26(31)29-23-14-28-30(16-23)15-22-7-3-4-9-24(22)27/h3-14,16H,15,17H2,1-2H3,(H,29,31). The summed E-state index contributed by atoms with van der Waals surface area (Å²) in [6, 6.07) is 21.1. The first-order valence-electron chi connectivity index (χ1n) is 10.3. The zero-order valence-electron chi connectivity index (χ0n) is 18.0. The Bertz CT molecular complexity index is 1250. The highest BCUT2D eigenvalue weighted by Gasteiger charge is 2.10. The lowest BCUT2D eigenvalue weighted by atomic mass is 10.1. The van der Waals surface area contributed by atoms with Gasteiger partial charge < -0.3 is 10.1 Å². The van der Waals surface area contributed by atoms with Crippen LogP contribution < -0.4 is 10.1 Å². The van der Waals surface area contributed by atoms with Gasteiger partial charge in [0.2, 0.25) is 0 Å². The third-order valence-electron chi connectivity index (χ3n) is 5.10. The Morgan fingerprint density at radius 2 is 1.91 bits per heavy atom. The average Bonchev–Trinajstić information content (AvgIpc) is 3.21. The van der Waals surface area contributed by atoms with Crippen molar-refractivity contribution in [3.05, 3.63) is 112 Å². The maximum absolute atomic E-state index is 12.7. The molecule has 32 heavy (non-hydrogen) atoms. The molecule has 0 aliphatic carbocycles. The summed E-state index contributed by atoms with van der Waals surface area (Å²) in [6.45, 7) is 5.00. The lowest BCUT2D eigenvalue weighted by molar-refractivity contribution is 0.102. The summed E-state index contributed by atoms with van der Waals surface area (Å²) in [4.78, 5) is 12.7. The molecule has 0 spiro atoms. The van der Waals surface area contributed by atoms with Gasteiger partial charge in [0, 0.05) is 16.8 Å². The number of amides is 1. The molecule has 1 N–H and O–H groups in total. The van der Waals surface area contributed by atoms with Crippen LogP contribution in [0.3, 0.4) is 0 Å². The summed E-state index contributed by atoms with van der Waals surface area (Å²) in [5.41, 5.74) is 5.36. The number of anilines is 1. The number of carbonyl (C=O) groups is 1. The smallest absolute Gasteiger partial charge is 0.255 e. The second-order valence-corrected chi connectivity index (χ2v) is 8.14. The second kappa shape index (κ2) is 9.71. The Morgan fingerprint density at radius 3 is 2.72 bits per heavy atom. The van der Waals surface area contributed by atoms with Gasteiger partial charge in [-0.05, 0) is 54.8 Å². The van der Waals surface area contributed by atoms with Crippen molar-refractivity contribution in [3.63, 3.8) is 0 Å². The van der Waals surface area contributed by atoms with E-state index in [0.717, 1.165) is 22.4 Å². The normalized spacial score (nSPS) is 10.7. The summed E-state index contributed by atoms with van der Waals surface area (Å²) in [6.07, 6.45) is 3.41. The predicted molar refractivity (Wildman–Crippen MR) is 127 cm³/mol. The maximum atomic E-state index is 12.7. The van der Waals surface area contributed by atoms with Gasteiger partial charge in [-0.1, -0.05) is 59.6 Å². The Kier molecular flexibility index (Phi) is 6.57. The van der Waals surface area contributed by atoms with E-state index >= 15 is 0 Å². The van der Waals surface area contributed by atoms with E-state index in [-0.39, 0.29) is 5.91 Å². The van der Waals surface area contributed by atoms with E-state index in [2.05, 4.69) is 23.4 Å². The molecule has 0 bridgehead atoms. The summed E-state index contributed by atoms with van der Waals surface area (Å²) in [7, 11) is 0. The van der Waals surface area contributed by atoms with E-state index < -0.39 is 0 Å². The van der Waals surface area contributed by atoms with E-state index in [4.69, 9.17) is 16.3 Å². The molecule has 3 aromatic carbocycles. The molecule has 0 atom stereocenters. The van der Waals surface area contributed by atoms with Crippen molar-refractivity contribution in [2.45, 2.75) is 27.0 Å². The molecule has 0 unspecified atom stereocenters. The summed E-state index contributed by atoms with van der Waals surface area (Å²) in [5.74, 6) is 0.645. The zero-order chi connectivity index (χ0) is 22.5. The van der Waals surface area contributed by atoms with Crippen LogP contribution in [0.5, 0.6) is 5.75 Å². The number of benzene rings is 3. The Labute approximate surface area is 192 Å². The van der Waals surface area contributed by atoms with E-state index in [1.807, 2.05) is 61.5 Å². The molecule has 6 heteroatoms. The monoisotopic (exact) mass is 445 g/mol. The number of hydrogen-bond acceptors (Lipinski definition) is 3. The third kappa shape index (κ3) is 5.37. The van der Waals surface area contributed by atoms with Crippen molar-refractivity contribution in [2.75, 3.05) is 5.32 Å². The van der Waals surface area contributed by atoms with Crippen molar-refractivity contribution in [3.8, 4) is 5.75 Å². The number of nitrogens with zero attached hydrogens (tertiary/aromatic N) is 2. The SMILES string of the molecule is Cc1ccc(OCc2cccc(C(=O)Nc3cnn(Cc4ccccc4Cl)c3)c2)c(C)c1. The minimum atomic E-state index is -0.198. The van der Waals surface area contributed by atoms with Crippen LogP contribution >= 0.6 is 11.6 Å². The second-order valence-electron chi connectivity index (χ2n) is 7.73. The molecule has 1 amide bonds. The fourth-order valence-corrected chi connectivity index (χ4v) is 3.64. The van der Waals surface area contributed by atoms with E-state index in [1.165, 1.54) is 5.56 Å². The number of aromatic nitrogens is 2. The Morgan fingerprint density at radius 1 is 1.06 bits per heavy atom. The lowest BCUT2D eigenvalue weighted by Crippen LogP contribution is -2.12. The minimum absolute atomic E-state index is 0.198. The van der Waals surface area contributed by atoms with Gasteiger partial charge in [0.1, 0.15) is 12.4 Å². The van der Waals surface area contributed by atoms with E-state index in [0.29, 0.717) is 29.4 Å². The van der Waals surface area contributed by atoms with Gasteiger partial charge >= 0.3 is 0 Å². The summed E-state index contributed by atoms with van der Waals surface area (Å²) in [5, 5.41) is 7.91. The molecule has 4 aromatic rings. The van der Waals surface area contributed by atoms with E-state index in [9.17, 15) is 4.79 Å². The number of hydrogen-bond donors (Lipinski definition) is 1. The van der Waals surface area contributed by atoms with Crippen molar-refractivity contribution < 1.29 is 9.53 Å². The van der Waals surface area contributed by atoms with Crippen molar-refractivity contribution in [2.24, 2.45) is 0 Å². The Hall–Kier alpha value is -3.57. The maximum Gasteiger partial charge on any atom is 0.255 e. The highest BCUT2D eigenvalue weighted by atomic mass is 35.5. The van der Waals surface area contributed by atoms with Gasteiger partial charge in [0.05, 0.1) is 18.4 Å². The first kappa shape index (κ1) is 21.7. The van der Waals surface area contributed by atoms with Crippen molar-refractivity contribution in [1.82, 2.24) is 9.78 Å². The molecule has 4 rings (SSSR count). The fourth-order valence-electron chi connectivity index (χ4n) is 3.44. The molecular weight excluding hydrogens is 422 g/mol. The fraction of sp³-hybridized carbons (Fsp3) is 0.154. The van der Waals surface area contributed by atoms with Crippen LogP contribution in [-0.2, 0) is 13.2 Å². The van der Waals surface area contributed by atoms with Crippen molar-refractivity contribution >= 4 is 23.2 Å². The number of aryl methyl sites for hydroxylation is 2. The highest BCUT2D eigenvalue weighted by molar-refractivity contribution is 6.31.